The van der Waals surface area contributed by atoms with Crippen molar-refractivity contribution in [1.82, 2.24) is 19.5 Å². The molecule has 5 N–H and O–H groups in total. The first kappa shape index (κ1) is 22.8. The molecule has 0 fully saturated rings. The minimum Gasteiger partial charge on any atom is -0.465 e. The summed E-state index contributed by atoms with van der Waals surface area (Å²) in [7, 11) is 0. The number of nitrogens with zero attached hydrogens (tertiary/aromatic N) is 3. The topological polar surface area (TPSA) is 151 Å². The van der Waals surface area contributed by atoms with Crippen molar-refractivity contribution in [2.45, 2.75) is 52.6 Å². The second-order valence-corrected chi connectivity index (χ2v) is 7.54. The van der Waals surface area contributed by atoms with Crippen LogP contribution in [0.15, 0.2) is 11.1 Å². The molecule has 2 aromatic heterocycles. The maximum Gasteiger partial charge on any atom is 0.323 e. The third kappa shape index (κ3) is 6.53. The molecule has 2 atom stereocenters. The van der Waals surface area contributed by atoms with Gasteiger partial charge in [0.05, 0.1) is 19.5 Å². The van der Waals surface area contributed by atoms with E-state index in [-0.39, 0.29) is 35.5 Å². The summed E-state index contributed by atoms with van der Waals surface area (Å²) in [5, 5.41) is 0. The van der Waals surface area contributed by atoms with Gasteiger partial charge in [0.2, 0.25) is 5.95 Å². The van der Waals surface area contributed by atoms with Crippen molar-refractivity contribution in [3.8, 4) is 0 Å². The molecular formula is C19H32N6O4. The highest BCUT2D eigenvalue weighted by Crippen LogP contribution is 2.14. The number of aromatic nitrogens is 4. The van der Waals surface area contributed by atoms with Gasteiger partial charge in [-0.25, -0.2) is 4.98 Å². The Hall–Kier alpha value is -2.46. The Kier molecular flexibility index (Phi) is 8.59. The number of ether oxygens (including phenoxy) is 2. The minimum atomic E-state index is -0.634. The van der Waals surface area contributed by atoms with E-state index in [2.05, 4.69) is 21.9 Å². The number of aromatic amines is 1. The number of hydrogen-bond donors (Lipinski definition) is 3. The molecule has 2 rings (SSSR count). The van der Waals surface area contributed by atoms with Crippen LogP contribution >= 0.6 is 0 Å². The quantitative estimate of drug-likeness (QED) is 0.348. The minimum absolute atomic E-state index is 0.0163. The third-order valence-electron chi connectivity index (χ3n) is 4.70. The number of unbranched alkanes of at least 4 members (excludes halogenated alkanes) is 1. The van der Waals surface area contributed by atoms with E-state index in [1.54, 1.807) is 10.9 Å². The van der Waals surface area contributed by atoms with Crippen LogP contribution in [0.4, 0.5) is 5.95 Å². The lowest BCUT2D eigenvalue weighted by Gasteiger charge is -2.19. The molecule has 10 heteroatoms. The molecule has 0 aromatic carbocycles. The first-order valence-corrected chi connectivity index (χ1v) is 10.0. The van der Waals surface area contributed by atoms with Gasteiger partial charge in [-0.2, -0.15) is 4.98 Å². The molecule has 29 heavy (non-hydrogen) atoms. The van der Waals surface area contributed by atoms with Gasteiger partial charge in [0.25, 0.3) is 5.56 Å². The zero-order chi connectivity index (χ0) is 21.4. The molecule has 0 aliphatic heterocycles. The molecule has 2 aromatic rings. The van der Waals surface area contributed by atoms with Crippen molar-refractivity contribution < 1.29 is 14.3 Å². The van der Waals surface area contributed by atoms with Crippen LogP contribution in [0.3, 0.4) is 0 Å². The molecule has 162 valence electrons. The normalized spacial score (nSPS) is 13.7. The van der Waals surface area contributed by atoms with Crippen LogP contribution in [0.25, 0.3) is 11.2 Å². The van der Waals surface area contributed by atoms with Gasteiger partial charge < -0.3 is 25.5 Å². The Morgan fingerprint density at radius 3 is 2.79 bits per heavy atom. The summed E-state index contributed by atoms with van der Waals surface area (Å²) in [6, 6.07) is -0.634. The summed E-state index contributed by atoms with van der Waals surface area (Å²) in [5.74, 6) is -0.312. The summed E-state index contributed by atoms with van der Waals surface area (Å²) in [4.78, 5) is 34.7. The second kappa shape index (κ2) is 10.9. The Morgan fingerprint density at radius 1 is 1.34 bits per heavy atom. The molecule has 1 unspecified atom stereocenters. The summed E-state index contributed by atoms with van der Waals surface area (Å²) in [5.41, 5.74) is 11.8. The van der Waals surface area contributed by atoms with Gasteiger partial charge in [-0.1, -0.05) is 27.2 Å². The molecule has 0 bridgehead atoms. The van der Waals surface area contributed by atoms with E-state index in [1.165, 1.54) is 0 Å². The maximum atomic E-state index is 12.0. The van der Waals surface area contributed by atoms with Crippen molar-refractivity contribution in [3.63, 3.8) is 0 Å². The monoisotopic (exact) mass is 408 g/mol. The molecule has 0 aliphatic rings. The Balaban J connectivity index is 2.04. The van der Waals surface area contributed by atoms with Gasteiger partial charge in [0.1, 0.15) is 6.04 Å². The Labute approximate surface area is 170 Å². The highest BCUT2D eigenvalue weighted by molar-refractivity contribution is 5.75. The van der Waals surface area contributed by atoms with Gasteiger partial charge in [0, 0.05) is 19.1 Å². The van der Waals surface area contributed by atoms with E-state index in [0.29, 0.717) is 31.8 Å². The molecule has 0 saturated carbocycles. The lowest BCUT2D eigenvalue weighted by atomic mass is 10.1. The van der Waals surface area contributed by atoms with Crippen molar-refractivity contribution in [3.05, 3.63) is 16.7 Å². The van der Waals surface area contributed by atoms with Crippen LogP contribution in [0.5, 0.6) is 0 Å². The van der Waals surface area contributed by atoms with Crippen molar-refractivity contribution >= 4 is 23.1 Å². The number of nitrogens with one attached hydrogen (secondary N) is 1. The summed E-state index contributed by atoms with van der Waals surface area (Å²) < 4.78 is 12.9. The number of H-pyrrole nitrogens is 1. The number of esters is 1. The number of imidazole rings is 1. The van der Waals surface area contributed by atoms with Gasteiger partial charge in [-0.3, -0.25) is 14.6 Å². The fourth-order valence-electron chi connectivity index (χ4n) is 2.80. The number of carbonyl (C=O) groups excluding carboxylic acids is 1. The Bertz CT molecular complexity index is 847. The van der Waals surface area contributed by atoms with Gasteiger partial charge in [0.15, 0.2) is 11.2 Å². The standard InChI is InChI=1S/C19H32N6O4/c1-4-5-7-28-10-13(6-8-29-18(27)14(20)12(2)3)9-25-11-22-15-16(25)23-19(21)24-17(15)26/h11-14H,4-10,20H2,1-3H3,(H3,21,23,24,26)/t13?,14-/m0/s1. The van der Waals surface area contributed by atoms with Crippen LogP contribution < -0.4 is 17.0 Å². The van der Waals surface area contributed by atoms with Crippen LogP contribution in [-0.4, -0.2) is 51.4 Å². The highest BCUT2D eigenvalue weighted by atomic mass is 16.5. The van der Waals surface area contributed by atoms with E-state index >= 15 is 0 Å². The number of hydrogen-bond acceptors (Lipinski definition) is 8. The third-order valence-corrected chi connectivity index (χ3v) is 4.70. The first-order chi connectivity index (χ1) is 13.8. The smallest absolute Gasteiger partial charge is 0.323 e. The van der Waals surface area contributed by atoms with Crippen LogP contribution in [0, 0.1) is 11.8 Å². The van der Waals surface area contributed by atoms with E-state index in [4.69, 9.17) is 20.9 Å². The number of nitrogens with two attached hydrogens (primary N) is 2. The van der Waals surface area contributed by atoms with E-state index in [0.717, 1.165) is 12.8 Å². The largest absolute Gasteiger partial charge is 0.465 e. The van der Waals surface area contributed by atoms with E-state index < -0.39 is 12.0 Å². The van der Waals surface area contributed by atoms with Crippen molar-refractivity contribution in [1.29, 1.82) is 0 Å². The van der Waals surface area contributed by atoms with Crippen LogP contribution in [-0.2, 0) is 20.8 Å². The van der Waals surface area contributed by atoms with Gasteiger partial charge in [-0.15, -0.1) is 0 Å². The highest BCUT2D eigenvalue weighted by Gasteiger charge is 2.20. The number of fused-ring (bicyclic) bond motifs is 1. The molecule has 10 nitrogen and oxygen atoms in total. The predicted octanol–water partition coefficient (Wildman–Crippen LogP) is 1.05. The zero-order valence-corrected chi connectivity index (χ0v) is 17.4. The van der Waals surface area contributed by atoms with E-state index in [1.807, 2.05) is 13.8 Å². The number of rotatable bonds is 12. The predicted molar refractivity (Wildman–Crippen MR) is 110 cm³/mol. The number of carbonyl (C=O) groups is 1. The molecule has 2 heterocycles. The fraction of sp³-hybridized carbons (Fsp3) is 0.684. The Morgan fingerprint density at radius 2 is 2.10 bits per heavy atom. The summed E-state index contributed by atoms with van der Waals surface area (Å²) >= 11 is 0. The molecule has 0 radical (unpaired) electrons. The first-order valence-electron chi connectivity index (χ1n) is 10.0. The van der Waals surface area contributed by atoms with Gasteiger partial charge in [-0.05, 0) is 18.8 Å². The lowest BCUT2D eigenvalue weighted by Crippen LogP contribution is -2.37. The summed E-state index contributed by atoms with van der Waals surface area (Å²) in [6.07, 6.45) is 4.17. The lowest BCUT2D eigenvalue weighted by molar-refractivity contribution is -0.146. The maximum absolute atomic E-state index is 12.0. The molecule has 0 aliphatic carbocycles. The molecular weight excluding hydrogens is 376 g/mol. The number of anilines is 1. The molecule has 0 saturated heterocycles. The number of nitrogen functional groups attached to an aromatic ring is 1. The van der Waals surface area contributed by atoms with Crippen LogP contribution in [0.1, 0.15) is 40.0 Å². The zero-order valence-electron chi connectivity index (χ0n) is 17.4. The van der Waals surface area contributed by atoms with E-state index in [9.17, 15) is 9.59 Å². The van der Waals surface area contributed by atoms with Gasteiger partial charge >= 0.3 is 5.97 Å². The van der Waals surface area contributed by atoms with Crippen LogP contribution in [0.2, 0.25) is 0 Å². The molecule has 0 spiro atoms. The average molecular weight is 409 g/mol. The SMILES string of the molecule is CCCCOCC(CCOC(=O)[C@@H](N)C(C)C)Cn1cnc2c(=O)[nH]c(N)nc21. The molecule has 0 amide bonds. The van der Waals surface area contributed by atoms with Crippen molar-refractivity contribution in [2.24, 2.45) is 17.6 Å². The van der Waals surface area contributed by atoms with Crippen molar-refractivity contribution in [2.75, 3.05) is 25.6 Å². The average Bonchev–Trinajstić information content (AvgIpc) is 3.07. The summed E-state index contributed by atoms with van der Waals surface area (Å²) in [6.45, 7) is 7.76. The fourth-order valence-corrected chi connectivity index (χ4v) is 2.80. The second-order valence-electron chi connectivity index (χ2n) is 7.54.